The van der Waals surface area contributed by atoms with Crippen molar-refractivity contribution in [3.05, 3.63) is 88.2 Å². The average molecular weight is 621 g/mol. The molecule has 0 unspecified atom stereocenters. The first-order valence-electron chi connectivity index (χ1n) is 12.4. The van der Waals surface area contributed by atoms with Gasteiger partial charge in [-0.25, -0.2) is 17.8 Å². The molecule has 1 aliphatic rings. The average Bonchev–Trinajstić information content (AvgIpc) is 3.37. The molecule has 216 valence electrons. The molecule has 0 aliphatic carbocycles. The van der Waals surface area contributed by atoms with Crippen molar-refractivity contribution < 1.29 is 22.5 Å². The molecule has 0 bridgehead atoms. The summed E-state index contributed by atoms with van der Waals surface area (Å²) in [5.74, 6) is -0.868. The van der Waals surface area contributed by atoms with Gasteiger partial charge in [0, 0.05) is 62.7 Å². The van der Waals surface area contributed by atoms with Gasteiger partial charge in [-0.3, -0.25) is 24.5 Å². The molecule has 11 nitrogen and oxygen atoms in total. The minimum atomic E-state index is -3.93. The molecule has 0 radical (unpaired) electrons. The quantitative estimate of drug-likeness (QED) is 0.211. The predicted octanol–water partition coefficient (Wildman–Crippen LogP) is 4.12. The summed E-state index contributed by atoms with van der Waals surface area (Å²) in [7, 11) is -3.93. The minimum absolute atomic E-state index is 0. The smallest absolute Gasteiger partial charge is 0.270 e. The largest absolute Gasteiger partial charge is 0.351 e. The van der Waals surface area contributed by atoms with Gasteiger partial charge in [-0.1, -0.05) is 17.4 Å². The van der Waals surface area contributed by atoms with E-state index in [1.54, 1.807) is 24.3 Å². The summed E-state index contributed by atoms with van der Waals surface area (Å²) in [6, 6.07) is 15.3. The number of rotatable bonds is 9. The Bertz CT molecular complexity index is 1660. The van der Waals surface area contributed by atoms with Crippen molar-refractivity contribution in [1.82, 2.24) is 15.2 Å². The summed E-state index contributed by atoms with van der Waals surface area (Å²) in [4.78, 5) is 32.2. The highest BCUT2D eigenvalue weighted by atomic mass is 35.5. The van der Waals surface area contributed by atoms with Crippen LogP contribution in [-0.4, -0.2) is 68.4 Å². The number of nitrogens with zero attached hydrogens (tertiary/aromatic N) is 4. The molecule has 4 aromatic rings. The van der Waals surface area contributed by atoms with Gasteiger partial charge in [-0.2, -0.15) is 0 Å². The number of carbonyl (C=O) groups is 1. The first kappa shape index (κ1) is 30.1. The SMILES string of the molecule is Cl.O=C(NCCN1CCN(c2nc3ccc([N+](=O)[O-])cc3s2)CC1)c1cccc(NS(=O)(=O)c2ccc(F)cc2)c1. The fourth-order valence-corrected chi connectivity index (χ4v) is 6.39. The van der Waals surface area contributed by atoms with Crippen LogP contribution < -0.4 is 14.9 Å². The number of nitro benzene ring substituents is 1. The maximum Gasteiger partial charge on any atom is 0.270 e. The van der Waals surface area contributed by atoms with Crippen LogP contribution in [0.3, 0.4) is 0 Å². The molecule has 1 aliphatic heterocycles. The van der Waals surface area contributed by atoms with Crippen molar-refractivity contribution in [2.75, 3.05) is 48.9 Å². The van der Waals surface area contributed by atoms with E-state index >= 15 is 0 Å². The van der Waals surface area contributed by atoms with E-state index in [0.717, 1.165) is 53.7 Å². The molecule has 1 fully saturated rings. The number of hydrogen-bond acceptors (Lipinski definition) is 9. The van der Waals surface area contributed by atoms with Gasteiger partial charge >= 0.3 is 0 Å². The number of halogens is 2. The zero-order valence-electron chi connectivity index (χ0n) is 21.5. The van der Waals surface area contributed by atoms with Crippen molar-refractivity contribution in [3.63, 3.8) is 0 Å². The normalized spacial score (nSPS) is 13.9. The van der Waals surface area contributed by atoms with Crippen LogP contribution in [0.1, 0.15) is 10.4 Å². The lowest BCUT2D eigenvalue weighted by Crippen LogP contribution is -2.48. The summed E-state index contributed by atoms with van der Waals surface area (Å²) >= 11 is 1.44. The van der Waals surface area contributed by atoms with Gasteiger partial charge in [-0.05, 0) is 48.5 Å². The monoisotopic (exact) mass is 620 g/mol. The molecule has 15 heteroatoms. The molecule has 1 saturated heterocycles. The third-order valence-electron chi connectivity index (χ3n) is 6.43. The number of aromatic nitrogens is 1. The number of anilines is 2. The van der Waals surface area contributed by atoms with Crippen LogP contribution in [-0.2, 0) is 10.0 Å². The minimum Gasteiger partial charge on any atom is -0.351 e. The van der Waals surface area contributed by atoms with Gasteiger partial charge in [0.1, 0.15) is 5.82 Å². The lowest BCUT2D eigenvalue weighted by Gasteiger charge is -2.34. The van der Waals surface area contributed by atoms with Crippen LogP contribution in [0, 0.1) is 15.9 Å². The Morgan fingerprint density at radius 2 is 1.78 bits per heavy atom. The number of non-ortho nitro benzene ring substituents is 1. The van der Waals surface area contributed by atoms with Crippen molar-refractivity contribution in [3.8, 4) is 0 Å². The number of thiazole rings is 1. The van der Waals surface area contributed by atoms with E-state index in [2.05, 4.69) is 24.8 Å². The molecule has 0 atom stereocenters. The molecule has 1 amide bonds. The number of piperazine rings is 1. The Kier molecular flexibility index (Phi) is 9.38. The fraction of sp³-hybridized carbons (Fsp3) is 0.231. The molecule has 5 rings (SSSR count). The Morgan fingerprint density at radius 1 is 1.05 bits per heavy atom. The van der Waals surface area contributed by atoms with Crippen LogP contribution >= 0.6 is 23.7 Å². The van der Waals surface area contributed by atoms with Crippen molar-refractivity contribution in [2.24, 2.45) is 0 Å². The van der Waals surface area contributed by atoms with E-state index in [1.165, 1.54) is 41.7 Å². The lowest BCUT2D eigenvalue weighted by atomic mass is 10.2. The van der Waals surface area contributed by atoms with Gasteiger partial charge in [-0.15, -0.1) is 12.4 Å². The molecule has 2 heterocycles. The lowest BCUT2D eigenvalue weighted by molar-refractivity contribution is -0.384. The standard InChI is InChI=1S/C26H25FN6O5S2.ClH/c27-19-4-7-22(8-5-19)40(37,38)30-20-3-1-2-18(16-20)25(34)28-10-11-31-12-14-32(15-13-31)26-29-23-9-6-21(33(35)36)17-24(23)39-26;/h1-9,16-17,30H,10-15H2,(H,28,34);1H. The van der Waals surface area contributed by atoms with Gasteiger partial charge in [0.2, 0.25) is 0 Å². The molecular formula is C26H26ClFN6O5S2. The van der Waals surface area contributed by atoms with Crippen LogP contribution in [0.4, 0.5) is 20.9 Å². The van der Waals surface area contributed by atoms with Crippen molar-refractivity contribution >= 4 is 66.4 Å². The maximum atomic E-state index is 13.1. The second-order valence-electron chi connectivity index (χ2n) is 9.13. The second kappa shape index (κ2) is 12.8. The number of carbonyl (C=O) groups excluding carboxylic acids is 1. The molecular weight excluding hydrogens is 595 g/mol. The van der Waals surface area contributed by atoms with E-state index in [1.807, 2.05) is 0 Å². The zero-order valence-corrected chi connectivity index (χ0v) is 24.0. The molecule has 0 saturated carbocycles. The third-order valence-corrected chi connectivity index (χ3v) is 8.91. The first-order valence-corrected chi connectivity index (χ1v) is 14.7. The number of hydrogen-bond donors (Lipinski definition) is 2. The Labute approximate surface area is 245 Å². The number of nitro groups is 1. The van der Waals surface area contributed by atoms with E-state index in [0.29, 0.717) is 18.7 Å². The molecule has 3 aromatic carbocycles. The van der Waals surface area contributed by atoms with Crippen LogP contribution in [0.25, 0.3) is 10.2 Å². The Balaban J connectivity index is 0.00000387. The van der Waals surface area contributed by atoms with Crippen molar-refractivity contribution in [1.29, 1.82) is 0 Å². The highest BCUT2D eigenvalue weighted by Crippen LogP contribution is 2.31. The molecule has 0 spiro atoms. The van der Waals surface area contributed by atoms with Crippen molar-refractivity contribution in [2.45, 2.75) is 4.90 Å². The summed E-state index contributed by atoms with van der Waals surface area (Å²) in [5.41, 5.74) is 1.31. The van der Waals surface area contributed by atoms with Gasteiger partial charge in [0.15, 0.2) is 5.13 Å². The van der Waals surface area contributed by atoms with Crippen LogP contribution in [0.15, 0.2) is 71.6 Å². The van der Waals surface area contributed by atoms with Crippen LogP contribution in [0.5, 0.6) is 0 Å². The molecule has 1 aromatic heterocycles. The van der Waals surface area contributed by atoms with E-state index in [4.69, 9.17) is 0 Å². The summed E-state index contributed by atoms with van der Waals surface area (Å²) in [6.07, 6.45) is 0. The number of benzene rings is 3. The van der Waals surface area contributed by atoms with Gasteiger partial charge in [0.25, 0.3) is 21.6 Å². The fourth-order valence-electron chi connectivity index (χ4n) is 4.29. The summed E-state index contributed by atoms with van der Waals surface area (Å²) < 4.78 is 41.5. The number of sulfonamides is 1. The number of fused-ring (bicyclic) bond motifs is 1. The van der Waals surface area contributed by atoms with Gasteiger partial charge in [0.05, 0.1) is 20.0 Å². The highest BCUT2D eigenvalue weighted by molar-refractivity contribution is 7.92. The zero-order chi connectivity index (χ0) is 28.3. The highest BCUT2D eigenvalue weighted by Gasteiger charge is 2.21. The third kappa shape index (κ3) is 7.27. The topological polar surface area (TPSA) is 138 Å². The van der Waals surface area contributed by atoms with E-state index in [9.17, 15) is 27.7 Å². The Morgan fingerprint density at radius 3 is 2.49 bits per heavy atom. The predicted molar refractivity (Wildman–Crippen MR) is 158 cm³/mol. The van der Waals surface area contributed by atoms with E-state index in [-0.39, 0.29) is 34.6 Å². The molecule has 41 heavy (non-hydrogen) atoms. The van der Waals surface area contributed by atoms with Crippen LogP contribution in [0.2, 0.25) is 0 Å². The summed E-state index contributed by atoms with van der Waals surface area (Å²) in [5, 5.41) is 14.7. The summed E-state index contributed by atoms with van der Waals surface area (Å²) in [6.45, 7) is 4.08. The second-order valence-corrected chi connectivity index (χ2v) is 11.8. The Hall–Kier alpha value is -3.85. The van der Waals surface area contributed by atoms with Gasteiger partial charge < -0.3 is 10.2 Å². The molecule has 2 N–H and O–H groups in total. The number of nitrogens with one attached hydrogen (secondary N) is 2. The number of amides is 1. The maximum absolute atomic E-state index is 13.1. The first-order chi connectivity index (χ1) is 19.2. The van der Waals surface area contributed by atoms with E-state index < -0.39 is 20.8 Å².